The highest BCUT2D eigenvalue weighted by molar-refractivity contribution is 5.83. The zero-order valence-electron chi connectivity index (χ0n) is 23.2. The second kappa shape index (κ2) is 10.5. The average Bonchev–Trinajstić information content (AvgIpc) is 3.48. The molecule has 4 aromatic carbocycles. The molecular formula is C38H25N5. The van der Waals surface area contributed by atoms with E-state index in [1.165, 1.54) is 22.3 Å². The molecule has 5 heteroatoms. The average molecular weight is 552 g/mol. The Morgan fingerprint density at radius 3 is 1.72 bits per heavy atom. The molecule has 1 aliphatic rings. The summed E-state index contributed by atoms with van der Waals surface area (Å²) in [4.78, 5) is 24.1. The van der Waals surface area contributed by atoms with Crippen molar-refractivity contribution >= 4 is 0 Å². The Bertz CT molecular complexity index is 2110. The normalized spacial score (nSPS) is 11.6. The van der Waals surface area contributed by atoms with Gasteiger partial charge in [-0.3, -0.25) is 9.97 Å². The predicted molar refractivity (Wildman–Crippen MR) is 171 cm³/mol. The molecule has 8 rings (SSSR count). The second-order valence-electron chi connectivity index (χ2n) is 10.6. The van der Waals surface area contributed by atoms with E-state index in [9.17, 15) is 0 Å². The quantitative estimate of drug-likeness (QED) is 0.214. The van der Waals surface area contributed by atoms with Gasteiger partial charge >= 0.3 is 0 Å². The molecule has 43 heavy (non-hydrogen) atoms. The number of benzene rings is 4. The van der Waals surface area contributed by atoms with Gasteiger partial charge in [0.1, 0.15) is 0 Å². The molecule has 0 N–H and O–H groups in total. The fraction of sp³-hybridized carbons (Fsp3) is 0.0263. The molecule has 0 amide bonds. The van der Waals surface area contributed by atoms with Gasteiger partial charge in [-0.15, -0.1) is 0 Å². The van der Waals surface area contributed by atoms with Crippen LogP contribution in [0.3, 0.4) is 0 Å². The highest BCUT2D eigenvalue weighted by Crippen LogP contribution is 2.40. The summed E-state index contributed by atoms with van der Waals surface area (Å²) < 4.78 is 0. The molecule has 1 aliphatic carbocycles. The minimum Gasteiger partial charge on any atom is -0.264 e. The van der Waals surface area contributed by atoms with Crippen LogP contribution in [0.25, 0.3) is 67.7 Å². The molecule has 0 spiro atoms. The first kappa shape index (κ1) is 24.9. The van der Waals surface area contributed by atoms with Crippen LogP contribution in [0, 0.1) is 0 Å². The first-order chi connectivity index (χ1) is 21.3. The molecule has 3 aromatic heterocycles. The first-order valence-corrected chi connectivity index (χ1v) is 14.3. The number of pyridine rings is 2. The Balaban J connectivity index is 1.25. The molecule has 202 valence electrons. The summed E-state index contributed by atoms with van der Waals surface area (Å²) in [5.41, 5.74) is 12.0. The highest BCUT2D eigenvalue weighted by atomic mass is 15.0. The maximum Gasteiger partial charge on any atom is 0.164 e. The number of rotatable bonds is 5. The van der Waals surface area contributed by atoms with Crippen molar-refractivity contribution in [1.29, 1.82) is 0 Å². The van der Waals surface area contributed by atoms with Crippen molar-refractivity contribution in [3.8, 4) is 67.7 Å². The Hall–Kier alpha value is -5.81. The Kier molecular flexibility index (Phi) is 6.12. The third-order valence-electron chi connectivity index (χ3n) is 7.91. The molecule has 0 aliphatic heterocycles. The van der Waals surface area contributed by atoms with E-state index in [4.69, 9.17) is 19.9 Å². The van der Waals surface area contributed by atoms with E-state index in [-0.39, 0.29) is 0 Å². The lowest BCUT2D eigenvalue weighted by Gasteiger charge is -2.11. The Morgan fingerprint density at radius 1 is 0.442 bits per heavy atom. The first-order valence-electron chi connectivity index (χ1n) is 14.3. The summed E-state index contributed by atoms with van der Waals surface area (Å²) >= 11 is 0. The van der Waals surface area contributed by atoms with E-state index in [1.54, 1.807) is 0 Å². The third-order valence-corrected chi connectivity index (χ3v) is 7.91. The van der Waals surface area contributed by atoms with E-state index < -0.39 is 0 Å². The monoisotopic (exact) mass is 551 g/mol. The van der Waals surface area contributed by atoms with Crippen LogP contribution in [0.2, 0.25) is 0 Å². The van der Waals surface area contributed by atoms with Crippen LogP contribution in [0.4, 0.5) is 0 Å². The third kappa shape index (κ3) is 4.67. The molecule has 3 heterocycles. The van der Waals surface area contributed by atoms with Crippen molar-refractivity contribution in [3.63, 3.8) is 0 Å². The topological polar surface area (TPSA) is 64.5 Å². The summed E-state index contributed by atoms with van der Waals surface area (Å²) in [5, 5.41) is 0. The van der Waals surface area contributed by atoms with Crippen LogP contribution >= 0.6 is 0 Å². The van der Waals surface area contributed by atoms with Crippen LogP contribution in [-0.2, 0) is 6.42 Å². The van der Waals surface area contributed by atoms with Gasteiger partial charge in [0.25, 0.3) is 0 Å². The summed E-state index contributed by atoms with van der Waals surface area (Å²) in [7, 11) is 0. The molecule has 0 fully saturated rings. The summed E-state index contributed by atoms with van der Waals surface area (Å²) in [6, 6.07) is 41.3. The van der Waals surface area contributed by atoms with Crippen molar-refractivity contribution in [1.82, 2.24) is 24.9 Å². The number of aromatic nitrogens is 5. The molecule has 0 bridgehead atoms. The number of hydrogen-bond donors (Lipinski definition) is 0. The van der Waals surface area contributed by atoms with Gasteiger partial charge in [-0.2, -0.15) is 0 Å². The second-order valence-corrected chi connectivity index (χ2v) is 10.6. The van der Waals surface area contributed by atoms with E-state index in [1.807, 2.05) is 55.0 Å². The number of nitrogens with zero attached hydrogens (tertiary/aromatic N) is 5. The number of hydrogen-bond acceptors (Lipinski definition) is 5. The minimum absolute atomic E-state index is 0.621. The molecule has 0 atom stereocenters. The minimum atomic E-state index is 0.621. The highest BCUT2D eigenvalue weighted by Gasteiger charge is 2.23. The van der Waals surface area contributed by atoms with E-state index in [2.05, 4.69) is 89.9 Å². The summed E-state index contributed by atoms with van der Waals surface area (Å²) in [5.74, 6) is 1.89. The van der Waals surface area contributed by atoms with Crippen LogP contribution < -0.4 is 0 Å². The number of fused-ring (bicyclic) bond motifs is 3. The fourth-order valence-electron chi connectivity index (χ4n) is 5.82. The predicted octanol–water partition coefficient (Wildman–Crippen LogP) is 8.57. The van der Waals surface area contributed by atoms with Crippen LogP contribution in [-0.4, -0.2) is 24.9 Å². The van der Waals surface area contributed by atoms with Crippen LogP contribution in [0.1, 0.15) is 11.1 Å². The maximum absolute atomic E-state index is 5.02. The molecule has 0 saturated carbocycles. The van der Waals surface area contributed by atoms with Gasteiger partial charge < -0.3 is 0 Å². The summed E-state index contributed by atoms with van der Waals surface area (Å²) in [6.45, 7) is 0. The zero-order chi connectivity index (χ0) is 28.6. The molecule has 0 unspecified atom stereocenters. The smallest absolute Gasteiger partial charge is 0.164 e. The molecule has 0 radical (unpaired) electrons. The lowest BCUT2D eigenvalue weighted by Crippen LogP contribution is -2.00. The van der Waals surface area contributed by atoms with Crippen molar-refractivity contribution in [2.75, 3.05) is 0 Å². The van der Waals surface area contributed by atoms with Crippen molar-refractivity contribution in [3.05, 3.63) is 151 Å². The molecular weight excluding hydrogens is 526 g/mol. The van der Waals surface area contributed by atoms with E-state index in [0.717, 1.165) is 45.5 Å². The fourth-order valence-corrected chi connectivity index (χ4v) is 5.82. The van der Waals surface area contributed by atoms with Gasteiger partial charge in [0.05, 0.1) is 5.69 Å². The van der Waals surface area contributed by atoms with Gasteiger partial charge in [-0.1, -0.05) is 97.1 Å². The van der Waals surface area contributed by atoms with Crippen LogP contribution in [0.5, 0.6) is 0 Å². The molecule has 0 saturated heterocycles. The Morgan fingerprint density at radius 2 is 1.00 bits per heavy atom. The van der Waals surface area contributed by atoms with Gasteiger partial charge in [-0.25, -0.2) is 15.0 Å². The van der Waals surface area contributed by atoms with Gasteiger partial charge in [0.2, 0.25) is 0 Å². The summed E-state index contributed by atoms with van der Waals surface area (Å²) in [6.07, 6.45) is 6.52. The van der Waals surface area contributed by atoms with Crippen molar-refractivity contribution in [2.24, 2.45) is 0 Å². The molecule has 7 aromatic rings. The largest absolute Gasteiger partial charge is 0.264 e. The molecule has 5 nitrogen and oxygen atoms in total. The van der Waals surface area contributed by atoms with Gasteiger partial charge in [0.15, 0.2) is 17.5 Å². The van der Waals surface area contributed by atoms with Gasteiger partial charge in [-0.05, 0) is 57.6 Å². The van der Waals surface area contributed by atoms with E-state index >= 15 is 0 Å². The SMILES string of the molecule is c1ccc(-c2cccc(-c3nc(-c4ccccc4)nc(-c4cccc(-c5nccc6c5Cc5cnccc5-6)c4)n3)c2)cc1. The lowest BCUT2D eigenvalue weighted by molar-refractivity contribution is 1.07. The van der Waals surface area contributed by atoms with Crippen molar-refractivity contribution in [2.45, 2.75) is 6.42 Å². The van der Waals surface area contributed by atoms with Gasteiger partial charge in [0, 0.05) is 47.3 Å². The zero-order valence-corrected chi connectivity index (χ0v) is 23.2. The standard InChI is InChI=1S/C38H25N5/c1-3-9-25(10-4-1)27-13-7-15-29(21-27)37-41-36(26-11-5-2-6-12-26)42-38(43-37)30-16-8-14-28(22-30)35-34-23-31-24-39-19-17-32(31)33(34)18-20-40-35/h1-22,24H,23H2. The lowest BCUT2D eigenvalue weighted by atomic mass is 9.99. The Labute approximate surface area is 249 Å². The maximum atomic E-state index is 5.02. The van der Waals surface area contributed by atoms with Crippen LogP contribution in [0.15, 0.2) is 140 Å². The van der Waals surface area contributed by atoms with Crippen molar-refractivity contribution < 1.29 is 0 Å². The van der Waals surface area contributed by atoms with E-state index in [0.29, 0.717) is 17.5 Å².